The largest absolute Gasteiger partial charge is 0.495 e. The van der Waals surface area contributed by atoms with Crippen molar-refractivity contribution in [3.05, 3.63) is 59.5 Å². The Morgan fingerprint density at radius 2 is 1.78 bits per heavy atom. The molecule has 2 heterocycles. The summed E-state index contributed by atoms with van der Waals surface area (Å²) in [4.78, 5) is 0.0509. The molecular weight excluding hydrogens is 368 g/mol. The molecule has 2 N–H and O–H groups in total. The number of furan rings is 1. The molecule has 0 spiro atoms. The van der Waals surface area contributed by atoms with Crippen LogP contribution in [0.15, 0.2) is 52.0 Å². The van der Waals surface area contributed by atoms with Gasteiger partial charge >= 0.3 is 0 Å². The van der Waals surface area contributed by atoms with Crippen LogP contribution in [0.4, 0.5) is 11.6 Å². The number of anilines is 2. The summed E-state index contributed by atoms with van der Waals surface area (Å²) in [5.41, 5.74) is 1.79. The first kappa shape index (κ1) is 18.7. The third-order valence-electron chi connectivity index (χ3n) is 4.00. The highest BCUT2D eigenvalue weighted by Gasteiger charge is 2.21. The highest BCUT2D eigenvalue weighted by molar-refractivity contribution is 7.92. The van der Waals surface area contributed by atoms with Gasteiger partial charge in [-0.2, -0.15) is 0 Å². The van der Waals surface area contributed by atoms with Crippen molar-refractivity contribution in [3.63, 3.8) is 0 Å². The summed E-state index contributed by atoms with van der Waals surface area (Å²) in [5, 5.41) is 10.9. The molecule has 2 aromatic heterocycles. The van der Waals surface area contributed by atoms with Crippen LogP contribution in [0.5, 0.6) is 5.75 Å². The summed E-state index contributed by atoms with van der Waals surface area (Å²) >= 11 is 0. The van der Waals surface area contributed by atoms with Gasteiger partial charge in [-0.25, -0.2) is 8.42 Å². The molecule has 0 fully saturated rings. The van der Waals surface area contributed by atoms with Crippen molar-refractivity contribution in [1.82, 2.24) is 10.2 Å². The van der Waals surface area contributed by atoms with E-state index in [1.54, 1.807) is 30.5 Å². The van der Waals surface area contributed by atoms with E-state index in [0.717, 1.165) is 16.9 Å². The van der Waals surface area contributed by atoms with Gasteiger partial charge in [-0.3, -0.25) is 4.72 Å². The molecule has 8 nitrogen and oxygen atoms in total. The van der Waals surface area contributed by atoms with Crippen LogP contribution >= 0.6 is 0 Å². The molecule has 142 valence electrons. The molecule has 0 bridgehead atoms. The van der Waals surface area contributed by atoms with Crippen LogP contribution in [0.2, 0.25) is 0 Å². The van der Waals surface area contributed by atoms with Crippen LogP contribution in [0.3, 0.4) is 0 Å². The van der Waals surface area contributed by atoms with Crippen molar-refractivity contribution in [2.45, 2.75) is 25.3 Å². The normalized spacial score (nSPS) is 11.2. The van der Waals surface area contributed by atoms with Gasteiger partial charge in [-0.15, -0.1) is 10.2 Å². The van der Waals surface area contributed by atoms with Gasteiger partial charge < -0.3 is 14.5 Å². The Labute approximate surface area is 157 Å². The predicted molar refractivity (Wildman–Crippen MR) is 101 cm³/mol. The summed E-state index contributed by atoms with van der Waals surface area (Å²) < 4.78 is 38.3. The predicted octanol–water partition coefficient (Wildman–Crippen LogP) is 3.11. The second-order valence-electron chi connectivity index (χ2n) is 5.93. The fourth-order valence-corrected chi connectivity index (χ4v) is 3.63. The first-order chi connectivity index (χ1) is 12.9. The summed E-state index contributed by atoms with van der Waals surface area (Å²) in [6.45, 7) is 4.18. The maximum atomic E-state index is 12.7. The molecule has 3 rings (SSSR count). The van der Waals surface area contributed by atoms with E-state index < -0.39 is 10.0 Å². The average molecular weight is 388 g/mol. The third kappa shape index (κ3) is 4.37. The van der Waals surface area contributed by atoms with Gasteiger partial charge in [-0.05, 0) is 61.4 Å². The van der Waals surface area contributed by atoms with Crippen molar-refractivity contribution in [3.8, 4) is 5.75 Å². The molecule has 0 atom stereocenters. The number of rotatable bonds is 7. The fourth-order valence-electron chi connectivity index (χ4n) is 2.40. The second kappa shape index (κ2) is 7.67. The van der Waals surface area contributed by atoms with E-state index in [9.17, 15) is 8.42 Å². The van der Waals surface area contributed by atoms with E-state index in [2.05, 4.69) is 20.2 Å². The van der Waals surface area contributed by atoms with E-state index in [-0.39, 0.29) is 16.5 Å². The quantitative estimate of drug-likeness (QED) is 0.640. The van der Waals surface area contributed by atoms with Gasteiger partial charge in [0.15, 0.2) is 5.82 Å². The molecule has 0 aliphatic carbocycles. The Hall–Kier alpha value is -3.07. The van der Waals surface area contributed by atoms with Crippen LogP contribution < -0.4 is 14.8 Å². The van der Waals surface area contributed by atoms with Crippen molar-refractivity contribution >= 4 is 21.7 Å². The lowest BCUT2D eigenvalue weighted by molar-refractivity contribution is 0.402. The minimum atomic E-state index is -3.87. The van der Waals surface area contributed by atoms with Crippen LogP contribution in [0.1, 0.15) is 16.9 Å². The number of aryl methyl sites for hydroxylation is 2. The molecule has 9 heteroatoms. The first-order valence-corrected chi connectivity index (χ1v) is 9.65. The number of hydrogen-bond donors (Lipinski definition) is 2. The summed E-state index contributed by atoms with van der Waals surface area (Å²) in [7, 11) is -2.44. The lowest BCUT2D eigenvalue weighted by atomic mass is 10.1. The minimum absolute atomic E-state index is 0.0509. The van der Waals surface area contributed by atoms with Gasteiger partial charge in [0.2, 0.25) is 0 Å². The molecule has 0 aliphatic rings. The Balaban J connectivity index is 1.75. The molecule has 0 radical (unpaired) electrons. The zero-order valence-corrected chi connectivity index (χ0v) is 16.0. The van der Waals surface area contributed by atoms with Crippen LogP contribution in [0, 0.1) is 13.8 Å². The topological polar surface area (TPSA) is 106 Å². The summed E-state index contributed by atoms with van der Waals surface area (Å²) in [6, 6.07) is 10.1. The van der Waals surface area contributed by atoms with Gasteiger partial charge in [0.05, 0.1) is 19.9 Å². The molecule has 27 heavy (non-hydrogen) atoms. The fraction of sp³-hybridized carbons (Fsp3) is 0.222. The zero-order chi connectivity index (χ0) is 19.4. The molecular formula is C18H20N4O4S. The van der Waals surface area contributed by atoms with Crippen molar-refractivity contribution < 1.29 is 17.6 Å². The van der Waals surface area contributed by atoms with Gasteiger partial charge in [0.1, 0.15) is 22.2 Å². The average Bonchev–Trinajstić information content (AvgIpc) is 3.16. The van der Waals surface area contributed by atoms with Crippen LogP contribution in [-0.2, 0) is 16.6 Å². The summed E-state index contributed by atoms with van der Waals surface area (Å²) in [5.74, 6) is 1.63. The molecule has 0 amide bonds. The molecule has 3 aromatic rings. The number of ether oxygens (including phenoxy) is 1. The SMILES string of the molecule is COc1cc(C)c(C)cc1S(=O)(=O)Nc1ccc(NCc2ccco2)nn1. The number of nitrogens with zero attached hydrogens (tertiary/aromatic N) is 2. The second-order valence-corrected chi connectivity index (χ2v) is 7.58. The maximum absolute atomic E-state index is 12.7. The number of nitrogens with one attached hydrogen (secondary N) is 2. The minimum Gasteiger partial charge on any atom is -0.495 e. The molecule has 1 aromatic carbocycles. The number of aromatic nitrogens is 2. The standard InChI is InChI=1S/C18H20N4O4S/c1-12-9-15(25-3)16(10-13(12)2)27(23,24)22-18-7-6-17(20-21-18)19-11-14-5-4-8-26-14/h4-10H,11H2,1-3H3,(H,19,20)(H,21,22). The number of sulfonamides is 1. The van der Waals surface area contributed by atoms with Gasteiger partial charge in [0.25, 0.3) is 10.0 Å². The Morgan fingerprint density at radius 3 is 2.41 bits per heavy atom. The van der Waals surface area contributed by atoms with E-state index in [4.69, 9.17) is 9.15 Å². The monoisotopic (exact) mass is 388 g/mol. The third-order valence-corrected chi connectivity index (χ3v) is 5.37. The lowest BCUT2D eigenvalue weighted by Crippen LogP contribution is -2.16. The molecule has 0 unspecified atom stereocenters. The molecule has 0 saturated heterocycles. The Morgan fingerprint density at radius 1 is 1.07 bits per heavy atom. The first-order valence-electron chi connectivity index (χ1n) is 8.17. The maximum Gasteiger partial charge on any atom is 0.266 e. The molecule has 0 saturated carbocycles. The summed E-state index contributed by atoms with van der Waals surface area (Å²) in [6.07, 6.45) is 1.58. The Bertz CT molecular complexity index is 1020. The highest BCUT2D eigenvalue weighted by Crippen LogP contribution is 2.28. The van der Waals surface area contributed by atoms with Crippen LogP contribution in [-0.4, -0.2) is 25.7 Å². The van der Waals surface area contributed by atoms with Crippen molar-refractivity contribution in [1.29, 1.82) is 0 Å². The van der Waals surface area contributed by atoms with E-state index in [1.165, 1.54) is 13.2 Å². The number of methoxy groups -OCH3 is 1. The van der Waals surface area contributed by atoms with Gasteiger partial charge in [0, 0.05) is 0 Å². The number of benzene rings is 1. The van der Waals surface area contributed by atoms with E-state index >= 15 is 0 Å². The van der Waals surface area contributed by atoms with E-state index in [0.29, 0.717) is 12.4 Å². The number of hydrogen-bond acceptors (Lipinski definition) is 7. The Kier molecular flexibility index (Phi) is 5.31. The van der Waals surface area contributed by atoms with Crippen LogP contribution in [0.25, 0.3) is 0 Å². The van der Waals surface area contributed by atoms with E-state index in [1.807, 2.05) is 19.9 Å². The van der Waals surface area contributed by atoms with Gasteiger partial charge in [-0.1, -0.05) is 0 Å². The van der Waals surface area contributed by atoms with Crippen molar-refractivity contribution in [2.24, 2.45) is 0 Å². The molecule has 0 aliphatic heterocycles. The zero-order valence-electron chi connectivity index (χ0n) is 15.2. The van der Waals surface area contributed by atoms with Crippen molar-refractivity contribution in [2.75, 3.05) is 17.1 Å². The highest BCUT2D eigenvalue weighted by atomic mass is 32.2. The smallest absolute Gasteiger partial charge is 0.266 e. The lowest BCUT2D eigenvalue weighted by Gasteiger charge is -2.13.